The first kappa shape index (κ1) is 6.81. The summed E-state index contributed by atoms with van der Waals surface area (Å²) in [7, 11) is -1.50. The minimum Gasteiger partial charge on any atom is -0.422 e. The Morgan fingerprint density at radius 1 is 1.55 bits per heavy atom. The van der Waals surface area contributed by atoms with E-state index in [0.29, 0.717) is 6.04 Å². The van der Waals surface area contributed by atoms with Gasteiger partial charge in [-0.15, -0.1) is 5.10 Å². The van der Waals surface area contributed by atoms with Crippen molar-refractivity contribution < 1.29 is 10.0 Å². The SMILES string of the molecule is OB(O)c1cn(C2CC2)nn1. The molecule has 0 spiro atoms. The van der Waals surface area contributed by atoms with E-state index in [1.807, 2.05) is 0 Å². The van der Waals surface area contributed by atoms with E-state index >= 15 is 0 Å². The van der Waals surface area contributed by atoms with Gasteiger partial charge in [-0.25, -0.2) is 4.68 Å². The highest BCUT2D eigenvalue weighted by molar-refractivity contribution is 6.57. The van der Waals surface area contributed by atoms with Gasteiger partial charge in [-0.2, -0.15) is 0 Å². The molecular weight excluding hydrogens is 145 g/mol. The van der Waals surface area contributed by atoms with Crippen LogP contribution in [0.1, 0.15) is 18.9 Å². The van der Waals surface area contributed by atoms with Crippen LogP contribution in [0.3, 0.4) is 0 Å². The van der Waals surface area contributed by atoms with Crippen LogP contribution in [-0.4, -0.2) is 32.2 Å². The van der Waals surface area contributed by atoms with Crippen molar-refractivity contribution in [2.45, 2.75) is 18.9 Å². The molecule has 11 heavy (non-hydrogen) atoms. The van der Waals surface area contributed by atoms with Crippen molar-refractivity contribution in [1.82, 2.24) is 15.0 Å². The first-order valence-corrected chi connectivity index (χ1v) is 3.55. The van der Waals surface area contributed by atoms with Gasteiger partial charge in [0.2, 0.25) is 0 Å². The van der Waals surface area contributed by atoms with Gasteiger partial charge in [0.05, 0.1) is 6.04 Å². The summed E-state index contributed by atoms with van der Waals surface area (Å²) in [5, 5.41) is 24.7. The Bertz CT molecular complexity index is 241. The molecule has 1 fully saturated rings. The molecule has 5 nitrogen and oxygen atoms in total. The van der Waals surface area contributed by atoms with E-state index in [1.54, 1.807) is 10.9 Å². The zero-order valence-electron chi connectivity index (χ0n) is 5.88. The lowest BCUT2D eigenvalue weighted by molar-refractivity contribution is 0.424. The van der Waals surface area contributed by atoms with E-state index in [-0.39, 0.29) is 5.59 Å². The molecule has 1 aliphatic rings. The van der Waals surface area contributed by atoms with Crippen molar-refractivity contribution >= 4 is 12.7 Å². The summed E-state index contributed by atoms with van der Waals surface area (Å²) in [6, 6.07) is 0.440. The fourth-order valence-corrected chi connectivity index (χ4v) is 0.926. The largest absolute Gasteiger partial charge is 0.511 e. The summed E-state index contributed by atoms with van der Waals surface area (Å²) < 4.78 is 1.68. The van der Waals surface area contributed by atoms with E-state index in [0.717, 1.165) is 12.8 Å². The lowest BCUT2D eigenvalue weighted by Crippen LogP contribution is -2.30. The lowest BCUT2D eigenvalue weighted by Gasteiger charge is -1.90. The summed E-state index contributed by atoms with van der Waals surface area (Å²) in [5.74, 6) is 0. The Morgan fingerprint density at radius 3 is 2.73 bits per heavy atom. The molecule has 0 radical (unpaired) electrons. The van der Waals surface area contributed by atoms with Gasteiger partial charge in [0.1, 0.15) is 5.59 Å². The first-order valence-electron chi connectivity index (χ1n) is 3.55. The monoisotopic (exact) mass is 153 g/mol. The number of rotatable bonds is 2. The molecule has 1 heterocycles. The molecule has 0 aliphatic heterocycles. The molecule has 1 aliphatic carbocycles. The van der Waals surface area contributed by atoms with Crippen LogP contribution in [0.2, 0.25) is 0 Å². The Kier molecular flexibility index (Phi) is 1.43. The molecule has 1 saturated carbocycles. The van der Waals surface area contributed by atoms with Gasteiger partial charge in [0.15, 0.2) is 0 Å². The molecule has 2 N–H and O–H groups in total. The van der Waals surface area contributed by atoms with Gasteiger partial charge in [0.25, 0.3) is 0 Å². The maximum Gasteiger partial charge on any atom is 0.511 e. The quantitative estimate of drug-likeness (QED) is 0.496. The summed E-state index contributed by atoms with van der Waals surface area (Å²) in [5.41, 5.74) is 0.219. The number of aromatic nitrogens is 3. The number of hydrogen-bond donors (Lipinski definition) is 2. The minimum atomic E-state index is -1.50. The summed E-state index contributed by atoms with van der Waals surface area (Å²) >= 11 is 0. The minimum absolute atomic E-state index is 0.219. The average Bonchev–Trinajstić information content (AvgIpc) is 2.68. The fraction of sp³-hybridized carbons (Fsp3) is 0.600. The van der Waals surface area contributed by atoms with Crippen molar-refractivity contribution in [3.8, 4) is 0 Å². The van der Waals surface area contributed by atoms with Crippen LogP contribution in [0.25, 0.3) is 0 Å². The predicted octanol–water partition coefficient (Wildman–Crippen LogP) is -1.71. The van der Waals surface area contributed by atoms with Gasteiger partial charge < -0.3 is 10.0 Å². The van der Waals surface area contributed by atoms with Gasteiger partial charge in [-0.05, 0) is 12.8 Å². The molecule has 1 aromatic rings. The summed E-state index contributed by atoms with van der Waals surface area (Å²) in [6.07, 6.45) is 3.80. The normalized spacial score (nSPS) is 16.9. The third-order valence-electron chi connectivity index (χ3n) is 1.71. The van der Waals surface area contributed by atoms with E-state index in [9.17, 15) is 0 Å². The first-order chi connectivity index (χ1) is 5.27. The molecule has 6 heteroatoms. The standard InChI is InChI=1S/C5H8BN3O2/c10-6(11)5-3-9(8-7-5)4-1-2-4/h3-4,10-11H,1-2H2. The van der Waals surface area contributed by atoms with Gasteiger partial charge in [0, 0.05) is 6.20 Å². The second kappa shape index (κ2) is 2.32. The summed E-state index contributed by atoms with van der Waals surface area (Å²) in [6.45, 7) is 0. The maximum absolute atomic E-state index is 8.68. The van der Waals surface area contributed by atoms with Gasteiger partial charge in [-0.3, -0.25) is 0 Å². The molecule has 0 aromatic carbocycles. The molecule has 1 aromatic heterocycles. The third-order valence-corrected chi connectivity index (χ3v) is 1.71. The topological polar surface area (TPSA) is 71.2 Å². The number of nitrogens with zero attached hydrogens (tertiary/aromatic N) is 3. The third kappa shape index (κ3) is 1.27. The van der Waals surface area contributed by atoms with Crippen LogP contribution in [0.5, 0.6) is 0 Å². The fourth-order valence-electron chi connectivity index (χ4n) is 0.926. The molecule has 58 valence electrons. The lowest BCUT2D eigenvalue weighted by atomic mass is 9.87. The molecule has 0 bridgehead atoms. The highest BCUT2D eigenvalue weighted by Gasteiger charge is 2.26. The Labute approximate surface area is 63.8 Å². The predicted molar refractivity (Wildman–Crippen MR) is 38.1 cm³/mol. The highest BCUT2D eigenvalue weighted by Crippen LogP contribution is 2.33. The van der Waals surface area contributed by atoms with Crippen molar-refractivity contribution in [3.05, 3.63) is 6.20 Å². The van der Waals surface area contributed by atoms with Crippen LogP contribution >= 0.6 is 0 Å². The van der Waals surface area contributed by atoms with E-state index in [1.165, 1.54) is 0 Å². The molecule has 0 atom stereocenters. The van der Waals surface area contributed by atoms with Gasteiger partial charge >= 0.3 is 7.12 Å². The smallest absolute Gasteiger partial charge is 0.422 e. The van der Waals surface area contributed by atoms with E-state index < -0.39 is 7.12 Å². The van der Waals surface area contributed by atoms with Crippen LogP contribution in [0, 0.1) is 0 Å². The van der Waals surface area contributed by atoms with Crippen LogP contribution in [0.4, 0.5) is 0 Å². The van der Waals surface area contributed by atoms with Crippen LogP contribution < -0.4 is 5.59 Å². The van der Waals surface area contributed by atoms with Crippen molar-refractivity contribution in [1.29, 1.82) is 0 Å². The molecule has 2 rings (SSSR count). The highest BCUT2D eigenvalue weighted by atomic mass is 16.4. The van der Waals surface area contributed by atoms with Crippen LogP contribution in [0.15, 0.2) is 6.20 Å². The van der Waals surface area contributed by atoms with Crippen LogP contribution in [-0.2, 0) is 0 Å². The molecule has 0 unspecified atom stereocenters. The Morgan fingerprint density at radius 2 is 2.27 bits per heavy atom. The zero-order chi connectivity index (χ0) is 7.84. The van der Waals surface area contributed by atoms with Gasteiger partial charge in [-0.1, -0.05) is 5.21 Å². The van der Waals surface area contributed by atoms with Crippen molar-refractivity contribution in [2.24, 2.45) is 0 Å². The van der Waals surface area contributed by atoms with E-state index in [4.69, 9.17) is 10.0 Å². The molecule has 0 amide bonds. The Balaban J connectivity index is 2.18. The second-order valence-corrected chi connectivity index (χ2v) is 2.73. The molecule has 0 saturated heterocycles. The molecular formula is C5H8BN3O2. The number of hydrogen-bond acceptors (Lipinski definition) is 4. The zero-order valence-corrected chi connectivity index (χ0v) is 5.88. The van der Waals surface area contributed by atoms with E-state index in [2.05, 4.69) is 10.3 Å². The van der Waals surface area contributed by atoms with Crippen molar-refractivity contribution in [2.75, 3.05) is 0 Å². The Hall–Kier alpha value is -0.875. The summed E-state index contributed by atoms with van der Waals surface area (Å²) in [4.78, 5) is 0. The van der Waals surface area contributed by atoms with Crippen molar-refractivity contribution in [3.63, 3.8) is 0 Å². The maximum atomic E-state index is 8.68. The average molecular weight is 153 g/mol. The second-order valence-electron chi connectivity index (χ2n) is 2.73.